The van der Waals surface area contributed by atoms with Gasteiger partial charge < -0.3 is 19.8 Å². The van der Waals surface area contributed by atoms with Crippen molar-refractivity contribution in [1.29, 1.82) is 0 Å². The minimum Gasteiger partial charge on any atom is -0.489 e. The van der Waals surface area contributed by atoms with E-state index in [0.29, 0.717) is 11.1 Å². The fourth-order valence-electron chi connectivity index (χ4n) is 4.01. The second-order valence-electron chi connectivity index (χ2n) is 7.92. The Bertz CT molecular complexity index is 1020. The van der Waals surface area contributed by atoms with Gasteiger partial charge in [0.2, 0.25) is 5.91 Å². The lowest BCUT2D eigenvalue weighted by atomic mass is 9.95. The molecule has 2 aromatic carbocycles. The van der Waals surface area contributed by atoms with Gasteiger partial charge in [-0.25, -0.2) is 0 Å². The van der Waals surface area contributed by atoms with Gasteiger partial charge in [0, 0.05) is 30.0 Å². The molecule has 6 nitrogen and oxygen atoms in total. The zero-order chi connectivity index (χ0) is 21.5. The summed E-state index contributed by atoms with van der Waals surface area (Å²) in [6.45, 7) is 0.472. The molecule has 3 aromatic rings. The maximum absolute atomic E-state index is 12.8. The van der Waals surface area contributed by atoms with Crippen molar-refractivity contribution in [3.05, 3.63) is 65.9 Å². The largest absolute Gasteiger partial charge is 0.489 e. The van der Waals surface area contributed by atoms with E-state index in [1.165, 1.54) is 19.3 Å². The average molecular weight is 421 g/mol. The van der Waals surface area contributed by atoms with Crippen LogP contribution in [0.5, 0.6) is 5.75 Å². The summed E-state index contributed by atoms with van der Waals surface area (Å²) in [5.41, 5.74) is 1.33. The Hall–Kier alpha value is -3.28. The van der Waals surface area contributed by atoms with Crippen LogP contribution in [-0.2, 0) is 11.4 Å². The van der Waals surface area contributed by atoms with Crippen LogP contribution >= 0.6 is 0 Å². The van der Waals surface area contributed by atoms with Crippen molar-refractivity contribution in [3.8, 4) is 5.75 Å². The molecule has 4 rings (SSSR count). The van der Waals surface area contributed by atoms with E-state index >= 15 is 0 Å². The maximum Gasteiger partial charge on any atom is 0.287 e. The van der Waals surface area contributed by atoms with Crippen LogP contribution in [0.1, 0.15) is 54.6 Å². The lowest BCUT2D eigenvalue weighted by Crippen LogP contribution is -2.38. The van der Waals surface area contributed by atoms with Gasteiger partial charge in [0.15, 0.2) is 5.76 Å². The predicted octanol–water partition coefficient (Wildman–Crippen LogP) is 4.58. The molecule has 1 fully saturated rings. The van der Waals surface area contributed by atoms with Crippen molar-refractivity contribution in [2.24, 2.45) is 0 Å². The van der Waals surface area contributed by atoms with E-state index in [4.69, 9.17) is 9.15 Å². The second kappa shape index (κ2) is 10.2. The maximum atomic E-state index is 12.8. The number of carbonyl (C=O) groups is 2. The molecule has 1 saturated carbocycles. The number of hydrogen-bond acceptors (Lipinski definition) is 4. The molecule has 0 aliphatic heterocycles. The van der Waals surface area contributed by atoms with Crippen LogP contribution in [0.4, 0.5) is 0 Å². The normalized spacial score (nSPS) is 14.3. The third-order valence-electron chi connectivity index (χ3n) is 5.64. The van der Waals surface area contributed by atoms with Crippen LogP contribution in [0.25, 0.3) is 11.0 Å². The number of furan rings is 1. The first-order valence-corrected chi connectivity index (χ1v) is 11.0. The first kappa shape index (κ1) is 21.0. The number of nitrogens with one attached hydrogen (secondary N) is 2. The fourth-order valence-corrected chi connectivity index (χ4v) is 4.01. The smallest absolute Gasteiger partial charge is 0.287 e. The Labute approximate surface area is 182 Å². The fraction of sp³-hybridized carbons (Fsp3) is 0.360. The molecule has 0 radical (unpaired) electrons. The predicted molar refractivity (Wildman–Crippen MR) is 119 cm³/mol. The van der Waals surface area contributed by atoms with Crippen LogP contribution in [0.2, 0.25) is 0 Å². The summed E-state index contributed by atoms with van der Waals surface area (Å²) in [6.07, 6.45) is 5.92. The number of para-hydroxylation sites is 2. The van der Waals surface area contributed by atoms with Crippen molar-refractivity contribution >= 4 is 22.8 Å². The zero-order valence-corrected chi connectivity index (χ0v) is 17.6. The third kappa shape index (κ3) is 5.45. The highest BCUT2D eigenvalue weighted by Crippen LogP contribution is 2.27. The average Bonchev–Trinajstić information content (AvgIpc) is 3.18. The number of rotatable bonds is 8. The number of fused-ring (bicyclic) bond motifs is 1. The van der Waals surface area contributed by atoms with Crippen molar-refractivity contribution in [2.45, 2.75) is 51.2 Å². The van der Waals surface area contributed by atoms with Gasteiger partial charge in [0.25, 0.3) is 5.91 Å². The number of amides is 2. The molecule has 6 heteroatoms. The molecule has 0 saturated heterocycles. The van der Waals surface area contributed by atoms with Gasteiger partial charge >= 0.3 is 0 Å². The van der Waals surface area contributed by atoms with Gasteiger partial charge in [-0.3, -0.25) is 9.59 Å². The van der Waals surface area contributed by atoms with E-state index in [9.17, 15) is 9.59 Å². The van der Waals surface area contributed by atoms with E-state index in [-0.39, 0.29) is 43.2 Å². The van der Waals surface area contributed by atoms with Crippen molar-refractivity contribution in [1.82, 2.24) is 10.6 Å². The summed E-state index contributed by atoms with van der Waals surface area (Å²) in [5, 5.41) is 6.73. The van der Waals surface area contributed by atoms with E-state index in [2.05, 4.69) is 10.6 Å². The number of hydrogen-bond donors (Lipinski definition) is 2. The summed E-state index contributed by atoms with van der Waals surface area (Å²) in [4.78, 5) is 25.0. The molecule has 1 aliphatic carbocycles. The van der Waals surface area contributed by atoms with Crippen LogP contribution in [-0.4, -0.2) is 24.4 Å². The Morgan fingerprint density at radius 2 is 1.71 bits per heavy atom. The van der Waals surface area contributed by atoms with Crippen molar-refractivity contribution in [3.63, 3.8) is 0 Å². The van der Waals surface area contributed by atoms with Gasteiger partial charge in [-0.15, -0.1) is 0 Å². The third-order valence-corrected chi connectivity index (χ3v) is 5.64. The van der Waals surface area contributed by atoms with Crippen LogP contribution in [0.3, 0.4) is 0 Å². The molecule has 0 bridgehead atoms. The van der Waals surface area contributed by atoms with E-state index in [1.54, 1.807) is 0 Å². The molecule has 1 heterocycles. The van der Waals surface area contributed by atoms with Gasteiger partial charge in [-0.2, -0.15) is 0 Å². The monoisotopic (exact) mass is 420 g/mol. The highest BCUT2D eigenvalue weighted by atomic mass is 16.5. The van der Waals surface area contributed by atoms with E-state index in [1.807, 2.05) is 54.6 Å². The molecule has 162 valence electrons. The summed E-state index contributed by atoms with van der Waals surface area (Å²) in [5.74, 6) is 0.584. The first-order chi connectivity index (χ1) is 15.2. The molecular formula is C25H28N2O4. The summed E-state index contributed by atoms with van der Waals surface area (Å²) in [7, 11) is 0. The van der Waals surface area contributed by atoms with Crippen LogP contribution in [0, 0.1) is 0 Å². The number of benzene rings is 2. The van der Waals surface area contributed by atoms with Gasteiger partial charge in [0.1, 0.15) is 17.9 Å². The Morgan fingerprint density at radius 1 is 0.968 bits per heavy atom. The first-order valence-electron chi connectivity index (χ1n) is 11.0. The quantitative estimate of drug-likeness (QED) is 0.559. The molecule has 1 aromatic heterocycles. The topological polar surface area (TPSA) is 80.6 Å². The van der Waals surface area contributed by atoms with Crippen LogP contribution in [0.15, 0.2) is 59.0 Å². The SMILES string of the molecule is O=C(CCNC(=O)c1oc2ccccc2c1COc1ccccc1)NC1CCCCC1. The van der Waals surface area contributed by atoms with Gasteiger partial charge in [-0.05, 0) is 31.0 Å². The second-order valence-corrected chi connectivity index (χ2v) is 7.92. The van der Waals surface area contributed by atoms with Gasteiger partial charge in [0.05, 0.1) is 0 Å². The Kier molecular flexibility index (Phi) is 6.87. The molecule has 0 spiro atoms. The summed E-state index contributed by atoms with van der Waals surface area (Å²) >= 11 is 0. The molecule has 2 N–H and O–H groups in total. The Balaban J connectivity index is 1.38. The molecule has 31 heavy (non-hydrogen) atoms. The number of carbonyl (C=O) groups excluding carboxylic acids is 2. The van der Waals surface area contributed by atoms with E-state index < -0.39 is 0 Å². The minimum absolute atomic E-state index is 0.0237. The lowest BCUT2D eigenvalue weighted by Gasteiger charge is -2.22. The van der Waals surface area contributed by atoms with Crippen molar-refractivity contribution < 1.29 is 18.7 Å². The standard InChI is InChI=1S/C25H28N2O4/c28-23(27-18-9-3-1-4-10-18)15-16-26-25(29)24-21(17-30-19-11-5-2-6-12-19)20-13-7-8-14-22(20)31-24/h2,5-8,11-14,18H,1,3-4,9-10,15-17H2,(H,26,29)(H,27,28). The molecular weight excluding hydrogens is 392 g/mol. The van der Waals surface area contributed by atoms with E-state index in [0.717, 1.165) is 24.0 Å². The molecule has 1 aliphatic rings. The molecule has 0 atom stereocenters. The summed E-state index contributed by atoms with van der Waals surface area (Å²) in [6, 6.07) is 17.2. The summed E-state index contributed by atoms with van der Waals surface area (Å²) < 4.78 is 11.7. The highest BCUT2D eigenvalue weighted by Gasteiger charge is 2.21. The zero-order valence-electron chi connectivity index (χ0n) is 17.6. The van der Waals surface area contributed by atoms with Crippen molar-refractivity contribution in [2.75, 3.05) is 6.54 Å². The Morgan fingerprint density at radius 3 is 2.52 bits per heavy atom. The van der Waals surface area contributed by atoms with Gasteiger partial charge in [-0.1, -0.05) is 55.7 Å². The highest BCUT2D eigenvalue weighted by molar-refractivity contribution is 5.99. The molecule has 2 amide bonds. The minimum atomic E-state index is -0.340. The number of ether oxygens (including phenoxy) is 1. The lowest BCUT2D eigenvalue weighted by molar-refractivity contribution is -0.121. The molecule has 0 unspecified atom stereocenters. The van der Waals surface area contributed by atoms with Crippen LogP contribution < -0.4 is 15.4 Å².